The van der Waals surface area contributed by atoms with Crippen LogP contribution in [0.15, 0.2) is 9.64 Å². The van der Waals surface area contributed by atoms with Crippen molar-refractivity contribution in [3.8, 4) is 0 Å². The molecule has 0 fully saturated rings. The van der Waals surface area contributed by atoms with E-state index in [1.54, 1.807) is 0 Å². The summed E-state index contributed by atoms with van der Waals surface area (Å²) in [6.45, 7) is 13.7. The predicted octanol–water partition coefficient (Wildman–Crippen LogP) is 4.18. The Morgan fingerprint density at radius 3 is 2.45 bits per heavy atom. The number of alkyl carbamates (subject to hydrolysis) is 1. The van der Waals surface area contributed by atoms with E-state index < -0.39 is 11.7 Å². The molecule has 0 unspecified atom stereocenters. The maximum Gasteiger partial charge on any atom is 0.408 e. The third-order valence-corrected chi connectivity index (χ3v) is 3.75. The maximum atomic E-state index is 12.0. The summed E-state index contributed by atoms with van der Waals surface area (Å²) >= 11 is 1.50. The zero-order valence-corrected chi connectivity index (χ0v) is 15.3. The largest absolute Gasteiger partial charge is 0.444 e. The first kappa shape index (κ1) is 18.8. The Balaban J connectivity index is 2.84. The Bertz CT molecular complexity index is 483. The van der Waals surface area contributed by atoms with Crippen molar-refractivity contribution in [1.82, 2.24) is 15.5 Å². The molecule has 126 valence electrons. The fourth-order valence-corrected chi connectivity index (χ4v) is 2.34. The second-order valence-corrected chi connectivity index (χ2v) is 8.11. The number of hydrogen-bond acceptors (Lipinski definition) is 6. The number of aromatic nitrogens is 2. The Kier molecular flexibility index (Phi) is 6.71. The van der Waals surface area contributed by atoms with Crippen LogP contribution in [0.2, 0.25) is 0 Å². The molecule has 6 nitrogen and oxygen atoms in total. The van der Waals surface area contributed by atoms with Crippen LogP contribution in [-0.2, 0) is 4.74 Å². The molecule has 1 aromatic heterocycles. The van der Waals surface area contributed by atoms with E-state index >= 15 is 0 Å². The number of rotatable bonds is 6. The van der Waals surface area contributed by atoms with Crippen molar-refractivity contribution >= 4 is 17.9 Å². The summed E-state index contributed by atoms with van der Waals surface area (Å²) in [6, 6.07) is -0.353. The van der Waals surface area contributed by atoms with Crippen molar-refractivity contribution < 1.29 is 13.9 Å². The molecule has 22 heavy (non-hydrogen) atoms. The van der Waals surface area contributed by atoms with Gasteiger partial charge < -0.3 is 14.5 Å². The second kappa shape index (κ2) is 7.85. The van der Waals surface area contributed by atoms with Gasteiger partial charge in [0.15, 0.2) is 0 Å². The minimum atomic E-state index is -0.544. The highest BCUT2D eigenvalue weighted by Crippen LogP contribution is 2.28. The molecule has 1 amide bonds. The van der Waals surface area contributed by atoms with E-state index in [-0.39, 0.29) is 12.0 Å². The normalized spacial score (nSPS) is 14.7. The van der Waals surface area contributed by atoms with Crippen LogP contribution in [0.25, 0.3) is 0 Å². The lowest BCUT2D eigenvalue weighted by Gasteiger charge is -2.24. The predicted molar refractivity (Wildman–Crippen MR) is 86.9 cm³/mol. The summed E-state index contributed by atoms with van der Waals surface area (Å²) in [5.74, 6) is 0.577. The molecule has 0 aliphatic heterocycles. The summed E-state index contributed by atoms with van der Waals surface area (Å²) in [7, 11) is 0. The van der Waals surface area contributed by atoms with Crippen molar-refractivity contribution in [2.24, 2.45) is 5.92 Å². The molecule has 2 atom stereocenters. The SMILES string of the molecule is CC[C@H](C)[C@@H](NC(=O)OC(C)(C)C)c1nnc(SC(C)C)o1. The number of carbonyl (C=O) groups excluding carboxylic acids is 1. The maximum absolute atomic E-state index is 12.0. The van der Waals surface area contributed by atoms with Gasteiger partial charge in [-0.15, -0.1) is 10.2 Å². The molecule has 1 rings (SSSR count). The zero-order valence-electron chi connectivity index (χ0n) is 14.5. The first-order valence-electron chi connectivity index (χ1n) is 7.62. The number of nitrogens with one attached hydrogen (secondary N) is 1. The third-order valence-electron chi connectivity index (χ3n) is 2.91. The Morgan fingerprint density at radius 1 is 1.32 bits per heavy atom. The fraction of sp³-hybridized carbons (Fsp3) is 0.800. The van der Waals surface area contributed by atoms with Gasteiger partial charge in [0.05, 0.1) is 0 Å². The van der Waals surface area contributed by atoms with E-state index in [9.17, 15) is 4.79 Å². The molecule has 1 heterocycles. The van der Waals surface area contributed by atoms with Crippen molar-refractivity contribution in [2.75, 3.05) is 0 Å². The highest BCUT2D eigenvalue weighted by atomic mass is 32.2. The lowest BCUT2D eigenvalue weighted by molar-refractivity contribution is 0.0473. The lowest BCUT2D eigenvalue weighted by Crippen LogP contribution is -2.37. The standard InChI is InChI=1S/C15H27N3O3S/c1-8-10(4)11(16-13(19)21-15(5,6)7)12-17-18-14(20-12)22-9(2)3/h9-11H,8H2,1-7H3,(H,16,19)/t10-,11+/m0/s1. The van der Waals surface area contributed by atoms with E-state index in [4.69, 9.17) is 9.15 Å². The van der Waals surface area contributed by atoms with Crippen LogP contribution < -0.4 is 5.32 Å². The highest BCUT2D eigenvalue weighted by Gasteiger charge is 2.28. The summed E-state index contributed by atoms with van der Waals surface area (Å²) in [5, 5.41) is 11.8. The number of hydrogen-bond donors (Lipinski definition) is 1. The van der Waals surface area contributed by atoms with Gasteiger partial charge >= 0.3 is 6.09 Å². The van der Waals surface area contributed by atoms with Crippen LogP contribution in [0.1, 0.15) is 66.8 Å². The van der Waals surface area contributed by atoms with E-state index in [2.05, 4.69) is 36.3 Å². The first-order valence-corrected chi connectivity index (χ1v) is 8.50. The van der Waals surface area contributed by atoms with Crippen molar-refractivity contribution in [1.29, 1.82) is 0 Å². The molecule has 1 aromatic rings. The molecule has 0 aromatic carbocycles. The number of amides is 1. The van der Waals surface area contributed by atoms with E-state index in [0.717, 1.165) is 6.42 Å². The molecule has 0 aliphatic rings. The molecule has 0 aliphatic carbocycles. The lowest BCUT2D eigenvalue weighted by atomic mass is 9.99. The zero-order chi connectivity index (χ0) is 16.9. The summed E-state index contributed by atoms with van der Waals surface area (Å²) in [4.78, 5) is 12.0. The van der Waals surface area contributed by atoms with Gasteiger partial charge in [-0.3, -0.25) is 0 Å². The van der Waals surface area contributed by atoms with Crippen LogP contribution in [0.4, 0.5) is 4.79 Å². The topological polar surface area (TPSA) is 77.2 Å². The Labute approximate surface area is 136 Å². The van der Waals surface area contributed by atoms with Crippen LogP contribution >= 0.6 is 11.8 Å². The van der Waals surface area contributed by atoms with Crippen molar-refractivity contribution in [2.45, 2.75) is 77.0 Å². The van der Waals surface area contributed by atoms with Gasteiger partial charge in [-0.2, -0.15) is 0 Å². The number of nitrogens with zero attached hydrogens (tertiary/aromatic N) is 2. The smallest absolute Gasteiger partial charge is 0.408 e. The van der Waals surface area contributed by atoms with Gasteiger partial charge in [-0.1, -0.05) is 45.9 Å². The average Bonchev–Trinajstić information content (AvgIpc) is 2.80. The average molecular weight is 329 g/mol. The molecular weight excluding hydrogens is 302 g/mol. The van der Waals surface area contributed by atoms with Gasteiger partial charge in [0.2, 0.25) is 5.89 Å². The fourth-order valence-electron chi connectivity index (χ4n) is 1.71. The van der Waals surface area contributed by atoms with Gasteiger partial charge in [0.1, 0.15) is 11.6 Å². The monoisotopic (exact) mass is 329 g/mol. The number of ether oxygens (including phenoxy) is 1. The minimum absolute atomic E-state index is 0.157. The Morgan fingerprint density at radius 2 is 1.95 bits per heavy atom. The number of carbonyl (C=O) groups is 1. The van der Waals surface area contributed by atoms with E-state index in [1.165, 1.54) is 11.8 Å². The quantitative estimate of drug-likeness (QED) is 0.789. The summed E-state index contributed by atoms with van der Waals surface area (Å²) in [5.41, 5.74) is -0.544. The molecule has 0 saturated heterocycles. The molecule has 1 N–H and O–H groups in total. The Hall–Kier alpha value is -1.24. The van der Waals surface area contributed by atoms with Gasteiger partial charge in [0, 0.05) is 5.25 Å². The summed E-state index contributed by atoms with van der Waals surface area (Å²) < 4.78 is 11.0. The second-order valence-electron chi connectivity index (χ2n) is 6.58. The first-order chi connectivity index (χ1) is 10.1. The van der Waals surface area contributed by atoms with Gasteiger partial charge in [-0.25, -0.2) is 4.79 Å². The minimum Gasteiger partial charge on any atom is -0.444 e. The molecule has 7 heteroatoms. The van der Waals surface area contributed by atoms with Crippen LogP contribution in [0.3, 0.4) is 0 Å². The molecule has 0 saturated carbocycles. The van der Waals surface area contributed by atoms with Gasteiger partial charge in [-0.05, 0) is 26.7 Å². The van der Waals surface area contributed by atoms with E-state index in [0.29, 0.717) is 16.4 Å². The molecule has 0 spiro atoms. The highest BCUT2D eigenvalue weighted by molar-refractivity contribution is 7.99. The molecular formula is C15H27N3O3S. The van der Waals surface area contributed by atoms with Crippen LogP contribution in [-0.4, -0.2) is 27.1 Å². The molecule has 0 bridgehead atoms. The van der Waals surface area contributed by atoms with Gasteiger partial charge in [0.25, 0.3) is 5.22 Å². The van der Waals surface area contributed by atoms with Crippen molar-refractivity contribution in [3.05, 3.63) is 5.89 Å². The summed E-state index contributed by atoms with van der Waals surface area (Å²) in [6.07, 6.45) is 0.393. The third kappa shape index (κ3) is 6.25. The number of thioether (sulfide) groups is 1. The van der Waals surface area contributed by atoms with Crippen LogP contribution in [0.5, 0.6) is 0 Å². The van der Waals surface area contributed by atoms with Crippen molar-refractivity contribution in [3.63, 3.8) is 0 Å². The van der Waals surface area contributed by atoms with Crippen LogP contribution in [0, 0.1) is 5.92 Å². The van der Waals surface area contributed by atoms with E-state index in [1.807, 2.05) is 27.7 Å². The molecule has 0 radical (unpaired) electrons.